The van der Waals surface area contributed by atoms with E-state index in [1.807, 2.05) is 0 Å². The minimum absolute atomic E-state index is 0.0281. The van der Waals surface area contributed by atoms with Crippen LogP contribution in [0.5, 0.6) is 0 Å². The van der Waals surface area contributed by atoms with Crippen LogP contribution >= 0.6 is 0 Å². The first-order valence-electron chi connectivity index (χ1n) is 10.2. The second-order valence-corrected chi connectivity index (χ2v) is 11.6. The lowest BCUT2D eigenvalue weighted by Crippen LogP contribution is -2.62. The number of nitrogens with one attached hydrogen (secondary N) is 2. The molecule has 2 N–H and O–H groups in total. The van der Waals surface area contributed by atoms with Gasteiger partial charge in [0.2, 0.25) is 5.78 Å². The molecule has 0 saturated carbocycles. The molecule has 0 aromatic heterocycles. The van der Waals surface area contributed by atoms with Crippen molar-refractivity contribution in [3.05, 3.63) is 0 Å². The average molecular weight is 365 g/mol. The van der Waals surface area contributed by atoms with E-state index in [0.717, 1.165) is 25.7 Å². The quantitative estimate of drug-likeness (QED) is 0.744. The predicted octanol–water partition coefficient (Wildman–Crippen LogP) is 3.87. The Labute approximate surface area is 160 Å². The molecule has 4 nitrogen and oxygen atoms in total. The Hall–Kier alpha value is -0.740. The zero-order valence-corrected chi connectivity index (χ0v) is 18.4. The molecule has 150 valence electrons. The van der Waals surface area contributed by atoms with Gasteiger partial charge in [-0.15, -0.1) is 0 Å². The van der Waals surface area contributed by atoms with E-state index in [4.69, 9.17) is 0 Å². The van der Waals surface area contributed by atoms with Gasteiger partial charge in [-0.3, -0.25) is 9.59 Å². The Morgan fingerprint density at radius 2 is 0.962 bits per heavy atom. The lowest BCUT2D eigenvalue weighted by molar-refractivity contribution is -0.142. The van der Waals surface area contributed by atoms with Gasteiger partial charge in [0.1, 0.15) is 0 Å². The number of rotatable bonds is 4. The van der Waals surface area contributed by atoms with Crippen molar-refractivity contribution in [2.75, 3.05) is 0 Å². The molecule has 0 aromatic rings. The summed E-state index contributed by atoms with van der Waals surface area (Å²) in [6, 6.07) is 0. The van der Waals surface area contributed by atoms with Crippen molar-refractivity contribution in [3.8, 4) is 0 Å². The number of Topliss-reactive ketones (excluding diaryl/α,β-unsaturated/α-hetero) is 2. The summed E-state index contributed by atoms with van der Waals surface area (Å²) < 4.78 is 0. The smallest absolute Gasteiger partial charge is 0.201 e. The lowest BCUT2D eigenvalue weighted by atomic mass is 9.61. The summed E-state index contributed by atoms with van der Waals surface area (Å²) in [6.07, 6.45) is 3.74. The molecule has 0 aliphatic carbocycles. The highest BCUT2D eigenvalue weighted by atomic mass is 16.2. The SMILES string of the molecule is CC(=O)C(=O)C(C1CC(C)(C)NC(C)(C)C1)C1CC(C)(C)NC(C)(C)C1. The number of piperidine rings is 2. The van der Waals surface area contributed by atoms with Crippen LogP contribution in [0.25, 0.3) is 0 Å². The van der Waals surface area contributed by atoms with Crippen LogP contribution in [0, 0.1) is 17.8 Å². The van der Waals surface area contributed by atoms with Crippen molar-refractivity contribution >= 4 is 11.6 Å². The number of hydrogen-bond donors (Lipinski definition) is 2. The molecule has 0 atom stereocenters. The van der Waals surface area contributed by atoms with Crippen LogP contribution in [0.3, 0.4) is 0 Å². The van der Waals surface area contributed by atoms with Crippen molar-refractivity contribution in [3.63, 3.8) is 0 Å². The molecular formula is C22H40N2O2. The van der Waals surface area contributed by atoms with Crippen molar-refractivity contribution in [2.45, 2.75) is 110 Å². The fourth-order valence-corrected chi connectivity index (χ4v) is 6.36. The first-order valence-corrected chi connectivity index (χ1v) is 10.2. The van der Waals surface area contributed by atoms with Gasteiger partial charge in [0.15, 0.2) is 5.78 Å². The minimum Gasteiger partial charge on any atom is -0.307 e. The maximum atomic E-state index is 13.1. The summed E-state index contributed by atoms with van der Waals surface area (Å²) in [6.45, 7) is 19.2. The molecule has 0 spiro atoms. The molecular weight excluding hydrogens is 324 g/mol. The summed E-state index contributed by atoms with van der Waals surface area (Å²) in [5.74, 6) is -0.117. The van der Waals surface area contributed by atoms with E-state index in [9.17, 15) is 9.59 Å². The molecule has 0 amide bonds. The third kappa shape index (κ3) is 5.16. The number of carbonyl (C=O) groups excluding carboxylic acids is 2. The Bertz CT molecular complexity index is 505. The number of hydrogen-bond acceptors (Lipinski definition) is 4. The fraction of sp³-hybridized carbons (Fsp3) is 0.909. The van der Waals surface area contributed by atoms with E-state index < -0.39 is 0 Å². The highest BCUT2D eigenvalue weighted by Gasteiger charge is 2.49. The van der Waals surface area contributed by atoms with Gasteiger partial charge in [0.05, 0.1) is 0 Å². The van der Waals surface area contributed by atoms with Gasteiger partial charge in [0, 0.05) is 35.0 Å². The minimum atomic E-state index is -0.279. The molecule has 2 aliphatic heterocycles. The molecule has 0 radical (unpaired) electrons. The van der Waals surface area contributed by atoms with Gasteiger partial charge >= 0.3 is 0 Å². The Balaban J connectivity index is 2.41. The van der Waals surface area contributed by atoms with Crippen molar-refractivity contribution in [1.82, 2.24) is 10.6 Å². The van der Waals surface area contributed by atoms with Gasteiger partial charge in [-0.05, 0) is 92.9 Å². The highest BCUT2D eigenvalue weighted by Crippen LogP contribution is 2.45. The maximum absolute atomic E-state index is 13.1. The van der Waals surface area contributed by atoms with E-state index >= 15 is 0 Å². The third-order valence-electron chi connectivity index (χ3n) is 6.11. The van der Waals surface area contributed by atoms with Crippen LogP contribution in [0.15, 0.2) is 0 Å². The van der Waals surface area contributed by atoms with Gasteiger partial charge in [-0.2, -0.15) is 0 Å². The first-order chi connectivity index (χ1) is 11.5. The van der Waals surface area contributed by atoms with Crippen LogP contribution in [0.2, 0.25) is 0 Å². The molecule has 4 heteroatoms. The van der Waals surface area contributed by atoms with Gasteiger partial charge in [0.25, 0.3) is 0 Å². The van der Waals surface area contributed by atoms with Gasteiger partial charge in [-0.25, -0.2) is 0 Å². The summed E-state index contributed by atoms with van der Waals surface area (Å²) in [5.41, 5.74) is -0.112. The Morgan fingerprint density at radius 1 is 0.692 bits per heavy atom. The molecule has 0 aromatic carbocycles. The van der Waals surface area contributed by atoms with Crippen LogP contribution in [0.4, 0.5) is 0 Å². The van der Waals surface area contributed by atoms with E-state index in [1.165, 1.54) is 6.92 Å². The van der Waals surface area contributed by atoms with E-state index in [0.29, 0.717) is 0 Å². The normalized spacial score (nSPS) is 28.1. The molecule has 2 saturated heterocycles. The zero-order valence-electron chi connectivity index (χ0n) is 18.4. The molecule has 2 heterocycles. The summed E-state index contributed by atoms with van der Waals surface area (Å²) >= 11 is 0. The molecule has 2 rings (SSSR count). The zero-order chi connectivity index (χ0) is 20.1. The van der Waals surface area contributed by atoms with Gasteiger partial charge in [-0.1, -0.05) is 0 Å². The molecule has 2 aliphatic rings. The first kappa shape index (κ1) is 21.6. The lowest BCUT2D eigenvalue weighted by Gasteiger charge is -2.53. The van der Waals surface area contributed by atoms with Crippen LogP contribution in [-0.4, -0.2) is 33.7 Å². The van der Waals surface area contributed by atoms with Crippen LogP contribution < -0.4 is 10.6 Å². The van der Waals surface area contributed by atoms with Crippen molar-refractivity contribution < 1.29 is 9.59 Å². The molecule has 0 unspecified atom stereocenters. The molecule has 2 fully saturated rings. The predicted molar refractivity (Wildman–Crippen MR) is 107 cm³/mol. The average Bonchev–Trinajstić information content (AvgIpc) is 2.30. The van der Waals surface area contributed by atoms with E-state index in [1.54, 1.807) is 0 Å². The van der Waals surface area contributed by atoms with Crippen molar-refractivity contribution in [2.24, 2.45) is 17.8 Å². The van der Waals surface area contributed by atoms with Crippen molar-refractivity contribution in [1.29, 1.82) is 0 Å². The third-order valence-corrected chi connectivity index (χ3v) is 6.11. The standard InChI is InChI=1S/C22H40N2O2/c1-14(25)18(26)17(15-10-19(2,3)23-20(4,5)11-15)16-12-21(6,7)24-22(8,9)13-16/h15-17,23-24H,10-13H2,1-9H3. The topological polar surface area (TPSA) is 58.2 Å². The van der Waals surface area contributed by atoms with Crippen LogP contribution in [0.1, 0.15) is 88.0 Å². The number of carbonyl (C=O) groups is 2. The Morgan fingerprint density at radius 3 is 1.19 bits per heavy atom. The largest absolute Gasteiger partial charge is 0.307 e. The molecule has 0 bridgehead atoms. The maximum Gasteiger partial charge on any atom is 0.201 e. The fourth-order valence-electron chi connectivity index (χ4n) is 6.36. The summed E-state index contributed by atoms with van der Waals surface area (Å²) in [5, 5.41) is 7.42. The second kappa shape index (κ2) is 6.70. The van der Waals surface area contributed by atoms with E-state index in [-0.39, 0.29) is 51.5 Å². The summed E-state index contributed by atoms with van der Waals surface area (Å²) in [4.78, 5) is 25.2. The Kier molecular flexibility index (Phi) is 5.56. The highest BCUT2D eigenvalue weighted by molar-refractivity contribution is 6.37. The molecule has 26 heavy (non-hydrogen) atoms. The second-order valence-electron chi connectivity index (χ2n) is 11.6. The van der Waals surface area contributed by atoms with Gasteiger partial charge < -0.3 is 10.6 Å². The monoisotopic (exact) mass is 364 g/mol. The van der Waals surface area contributed by atoms with Crippen LogP contribution in [-0.2, 0) is 9.59 Å². The van der Waals surface area contributed by atoms with E-state index in [2.05, 4.69) is 66.0 Å². The number of ketones is 2. The summed E-state index contributed by atoms with van der Waals surface area (Å²) in [7, 11) is 0.